The molecule has 1 saturated carbocycles. The molecule has 6 rings (SSSR count). The van der Waals surface area contributed by atoms with E-state index in [4.69, 9.17) is 9.47 Å². The highest BCUT2D eigenvalue weighted by Gasteiger charge is 2.35. The Bertz CT molecular complexity index is 1290. The van der Waals surface area contributed by atoms with Gasteiger partial charge in [0.1, 0.15) is 0 Å². The highest BCUT2D eigenvalue weighted by atomic mass is 16.5. The maximum absolute atomic E-state index is 6.04. The van der Waals surface area contributed by atoms with Crippen molar-refractivity contribution in [2.45, 2.75) is 38.7 Å². The fourth-order valence-corrected chi connectivity index (χ4v) is 6.14. The Labute approximate surface area is 202 Å². The third kappa shape index (κ3) is 4.37. The third-order valence-corrected chi connectivity index (χ3v) is 7.90. The maximum Gasteiger partial charge on any atom is 0.0717 e. The van der Waals surface area contributed by atoms with Gasteiger partial charge in [-0.3, -0.25) is 0 Å². The second kappa shape index (κ2) is 9.90. The zero-order valence-electron chi connectivity index (χ0n) is 19.9. The quantitative estimate of drug-likeness (QED) is 0.138. The molecule has 4 aromatic carbocycles. The summed E-state index contributed by atoms with van der Waals surface area (Å²) in [4.78, 5) is 0. The van der Waals surface area contributed by atoms with Crippen LogP contribution < -0.4 is 0 Å². The number of fused-ring (bicyclic) bond motifs is 8. The van der Waals surface area contributed by atoms with E-state index in [1.165, 1.54) is 57.1 Å². The van der Waals surface area contributed by atoms with Crippen LogP contribution in [0.2, 0.25) is 0 Å². The minimum atomic E-state index is 0.672. The van der Waals surface area contributed by atoms with Gasteiger partial charge in [0.05, 0.1) is 6.61 Å². The highest BCUT2D eigenvalue weighted by Crippen LogP contribution is 2.43. The van der Waals surface area contributed by atoms with Crippen LogP contribution in [-0.4, -0.2) is 19.8 Å². The summed E-state index contributed by atoms with van der Waals surface area (Å²) in [5.41, 5.74) is 1.25. The molecule has 2 aliphatic rings. The normalized spacial score (nSPS) is 21.4. The number of hydrogen-bond acceptors (Lipinski definition) is 2. The molecule has 0 spiro atoms. The number of unbranched alkanes of at least 4 members (excludes halogenated alkanes) is 2. The van der Waals surface area contributed by atoms with Gasteiger partial charge >= 0.3 is 0 Å². The maximum atomic E-state index is 6.04. The minimum absolute atomic E-state index is 0.672. The molecule has 4 aromatic rings. The van der Waals surface area contributed by atoms with Crippen molar-refractivity contribution < 1.29 is 9.47 Å². The smallest absolute Gasteiger partial charge is 0.0717 e. The molecule has 0 radical (unpaired) electrons. The fourth-order valence-electron chi connectivity index (χ4n) is 6.14. The van der Waals surface area contributed by atoms with Crippen LogP contribution in [0, 0.1) is 17.8 Å². The molecule has 1 fully saturated rings. The summed E-state index contributed by atoms with van der Waals surface area (Å²) in [7, 11) is 0. The number of hydrogen-bond donors (Lipinski definition) is 0. The van der Waals surface area contributed by atoms with E-state index in [0.717, 1.165) is 50.4 Å². The average molecular weight is 451 g/mol. The fraction of sp³-hybridized carbons (Fsp3) is 0.375. The lowest BCUT2D eigenvalue weighted by molar-refractivity contribution is 0.0827. The molecule has 2 aliphatic carbocycles. The zero-order chi connectivity index (χ0) is 22.7. The molecule has 0 heterocycles. The molecule has 2 nitrogen and oxygen atoms in total. The van der Waals surface area contributed by atoms with Crippen LogP contribution in [-0.2, 0) is 16.1 Å². The van der Waals surface area contributed by atoms with Crippen LogP contribution in [0.1, 0.15) is 37.7 Å². The van der Waals surface area contributed by atoms with Crippen molar-refractivity contribution in [1.29, 1.82) is 0 Å². The summed E-state index contributed by atoms with van der Waals surface area (Å²) in [5, 5.41) is 7.93. The van der Waals surface area contributed by atoms with Crippen molar-refractivity contribution in [3.8, 4) is 0 Å². The molecule has 0 aromatic heterocycles. The van der Waals surface area contributed by atoms with Crippen molar-refractivity contribution in [1.82, 2.24) is 0 Å². The molecular weight excluding hydrogens is 416 g/mol. The van der Waals surface area contributed by atoms with Gasteiger partial charge in [-0.15, -0.1) is 0 Å². The summed E-state index contributed by atoms with van der Waals surface area (Å²) in [6.45, 7) is 3.33. The summed E-state index contributed by atoms with van der Waals surface area (Å²) in [5.74, 6) is 2.41. The van der Waals surface area contributed by atoms with Crippen LogP contribution in [0.15, 0.2) is 78.9 Å². The number of rotatable bonds is 10. The van der Waals surface area contributed by atoms with Gasteiger partial charge in [0.15, 0.2) is 0 Å². The Balaban J connectivity index is 0.994. The van der Waals surface area contributed by atoms with Crippen molar-refractivity contribution in [3.63, 3.8) is 0 Å². The second-order valence-electron chi connectivity index (χ2n) is 10.2. The van der Waals surface area contributed by atoms with E-state index in [1.54, 1.807) is 0 Å². The minimum Gasteiger partial charge on any atom is -0.381 e. The van der Waals surface area contributed by atoms with Crippen molar-refractivity contribution in [2.24, 2.45) is 17.8 Å². The van der Waals surface area contributed by atoms with Crippen molar-refractivity contribution in [2.75, 3.05) is 19.8 Å². The molecule has 2 heteroatoms. The Kier molecular flexibility index (Phi) is 6.35. The first-order valence-corrected chi connectivity index (χ1v) is 13.0. The number of ether oxygens (including phenoxy) is 2. The molecule has 174 valence electrons. The van der Waals surface area contributed by atoms with Crippen LogP contribution >= 0.6 is 0 Å². The highest BCUT2D eigenvalue weighted by molar-refractivity contribution is 6.25. The molecule has 2 bridgehead atoms. The summed E-state index contributed by atoms with van der Waals surface area (Å²) in [6.07, 6.45) is 10.9. The Morgan fingerprint density at radius 1 is 0.618 bits per heavy atom. The Morgan fingerprint density at radius 3 is 1.91 bits per heavy atom. The first-order chi connectivity index (χ1) is 16.9. The van der Waals surface area contributed by atoms with Gasteiger partial charge in [0.25, 0.3) is 0 Å². The largest absolute Gasteiger partial charge is 0.381 e. The molecule has 0 saturated heterocycles. The van der Waals surface area contributed by atoms with E-state index in [1.807, 2.05) is 0 Å². The molecule has 0 aliphatic heterocycles. The van der Waals surface area contributed by atoms with E-state index in [9.17, 15) is 0 Å². The second-order valence-corrected chi connectivity index (χ2v) is 10.2. The van der Waals surface area contributed by atoms with Crippen LogP contribution in [0.3, 0.4) is 0 Å². The van der Waals surface area contributed by atoms with Crippen molar-refractivity contribution >= 4 is 32.3 Å². The van der Waals surface area contributed by atoms with Gasteiger partial charge in [0.2, 0.25) is 0 Å². The molecule has 0 N–H and O–H groups in total. The molecule has 34 heavy (non-hydrogen) atoms. The van der Waals surface area contributed by atoms with Crippen LogP contribution in [0.25, 0.3) is 32.3 Å². The van der Waals surface area contributed by atoms with E-state index in [2.05, 4.69) is 78.9 Å². The van der Waals surface area contributed by atoms with Gasteiger partial charge < -0.3 is 9.47 Å². The van der Waals surface area contributed by atoms with Crippen LogP contribution in [0.4, 0.5) is 0 Å². The summed E-state index contributed by atoms with van der Waals surface area (Å²) >= 11 is 0. The molecule has 3 atom stereocenters. The first kappa shape index (κ1) is 21.8. The van der Waals surface area contributed by atoms with Crippen molar-refractivity contribution in [3.05, 3.63) is 84.4 Å². The third-order valence-electron chi connectivity index (χ3n) is 7.90. The SMILES string of the molecule is C1=CC2CC1CC2COCCCCCOCc1ccc2c3ccccc3c3ccccc3c2c1. The lowest BCUT2D eigenvalue weighted by atomic mass is 9.93. The lowest BCUT2D eigenvalue weighted by Crippen LogP contribution is -2.14. The summed E-state index contributed by atoms with van der Waals surface area (Å²) < 4.78 is 12.0. The number of benzene rings is 4. The molecule has 3 unspecified atom stereocenters. The van der Waals surface area contributed by atoms with E-state index in [-0.39, 0.29) is 0 Å². The first-order valence-electron chi connectivity index (χ1n) is 13.0. The van der Waals surface area contributed by atoms with Gasteiger partial charge in [-0.25, -0.2) is 0 Å². The molecule has 0 amide bonds. The van der Waals surface area contributed by atoms with E-state index < -0.39 is 0 Å². The zero-order valence-corrected chi connectivity index (χ0v) is 19.9. The Hall–Kier alpha value is -2.68. The lowest BCUT2D eigenvalue weighted by Gasteiger charge is -2.17. The average Bonchev–Trinajstić information content (AvgIpc) is 3.51. The predicted octanol–water partition coefficient (Wildman–Crippen LogP) is 8.06. The van der Waals surface area contributed by atoms with Gasteiger partial charge in [-0.05, 0) is 93.8 Å². The van der Waals surface area contributed by atoms with E-state index in [0.29, 0.717) is 6.61 Å². The molecular formula is C32H34O2. The van der Waals surface area contributed by atoms with Gasteiger partial charge in [-0.1, -0.05) is 72.8 Å². The Morgan fingerprint density at radius 2 is 1.26 bits per heavy atom. The number of allylic oxidation sites excluding steroid dienone is 2. The van der Waals surface area contributed by atoms with E-state index >= 15 is 0 Å². The van der Waals surface area contributed by atoms with Gasteiger partial charge in [0, 0.05) is 19.8 Å². The monoisotopic (exact) mass is 450 g/mol. The topological polar surface area (TPSA) is 18.5 Å². The van der Waals surface area contributed by atoms with Gasteiger partial charge in [-0.2, -0.15) is 0 Å². The summed E-state index contributed by atoms with van der Waals surface area (Å²) in [6, 6.07) is 24.3. The standard InChI is InChI=1S/C32H34O2/c1(7-17-34-22-26-19-23-12-14-25(26)18-23)6-16-33-21-24-13-15-31-29-10-3-2-8-27(29)28-9-4-5-11-30(28)32(31)20-24/h2-5,8-15,20,23,25-26H,1,6-7,16-19,21-22H2. The predicted molar refractivity (Wildman–Crippen MR) is 142 cm³/mol. The van der Waals surface area contributed by atoms with Crippen LogP contribution in [0.5, 0.6) is 0 Å².